The third kappa shape index (κ3) is 5.53. The highest BCUT2D eigenvalue weighted by molar-refractivity contribution is 5.99. The Morgan fingerprint density at radius 1 is 1.05 bits per heavy atom. The number of carbonyl (C=O) groups excluding carboxylic acids is 2. The summed E-state index contributed by atoms with van der Waals surface area (Å²) in [6.45, 7) is 5.03. The van der Waals surface area contributed by atoms with Gasteiger partial charge in [0, 0.05) is 37.3 Å². The number of piperazine rings is 1. The number of aromatic nitrogens is 1. The van der Waals surface area contributed by atoms with Crippen molar-refractivity contribution in [2.45, 2.75) is 89.9 Å². The molecule has 2 amide bonds. The van der Waals surface area contributed by atoms with Crippen LogP contribution in [-0.2, 0) is 4.79 Å². The van der Waals surface area contributed by atoms with E-state index >= 15 is 0 Å². The van der Waals surface area contributed by atoms with Crippen LogP contribution in [0.15, 0.2) is 36.4 Å². The average Bonchev–Trinajstić information content (AvgIpc) is 3.00. The normalized spacial score (nSPS) is 26.2. The highest BCUT2D eigenvalue weighted by Gasteiger charge is 2.64. The fourth-order valence-corrected chi connectivity index (χ4v) is 7.91. The number of nitrogens with one attached hydrogen (secondary N) is 1. The highest BCUT2D eigenvalue weighted by atomic mass is 19.4. The molecule has 5 fully saturated rings. The molecule has 7 nitrogen and oxygen atoms in total. The molecule has 1 N–H and O–H groups in total. The van der Waals surface area contributed by atoms with Gasteiger partial charge in [0.15, 0.2) is 5.69 Å². The van der Waals surface area contributed by atoms with Gasteiger partial charge in [-0.1, -0.05) is 38.3 Å². The van der Waals surface area contributed by atoms with Crippen molar-refractivity contribution in [2.75, 3.05) is 31.1 Å². The van der Waals surface area contributed by atoms with E-state index in [2.05, 4.69) is 10.2 Å². The minimum atomic E-state index is -4.55. The van der Waals surface area contributed by atoms with Crippen molar-refractivity contribution < 1.29 is 27.5 Å². The van der Waals surface area contributed by atoms with Crippen molar-refractivity contribution >= 4 is 17.5 Å². The van der Waals surface area contributed by atoms with Crippen molar-refractivity contribution in [3.05, 3.63) is 42.1 Å². The van der Waals surface area contributed by atoms with Gasteiger partial charge in [-0.25, -0.2) is 4.98 Å². The zero-order valence-corrected chi connectivity index (χ0v) is 25.7. The molecule has 4 aliphatic carbocycles. The fraction of sp³-hybridized carbons (Fsp3) is 0.618. The quantitative estimate of drug-likeness (QED) is 0.363. The molecular formula is C34H43F3N4O3. The molecule has 44 heavy (non-hydrogen) atoms. The smallest absolute Gasteiger partial charge is 0.403 e. The lowest BCUT2D eigenvalue weighted by molar-refractivity contribution is -0.248. The molecule has 2 heterocycles. The van der Waals surface area contributed by atoms with Gasteiger partial charge >= 0.3 is 6.18 Å². The molecule has 2 bridgehead atoms. The van der Waals surface area contributed by atoms with E-state index in [-0.39, 0.29) is 43.9 Å². The summed E-state index contributed by atoms with van der Waals surface area (Å²) in [6.07, 6.45) is 1.86. The van der Waals surface area contributed by atoms with Crippen LogP contribution >= 0.6 is 0 Å². The predicted molar refractivity (Wildman–Crippen MR) is 163 cm³/mol. The maximum absolute atomic E-state index is 14.1. The minimum Gasteiger partial charge on any atom is -0.493 e. The van der Waals surface area contributed by atoms with Gasteiger partial charge in [-0.05, 0) is 81.5 Å². The van der Waals surface area contributed by atoms with E-state index < -0.39 is 17.5 Å². The maximum Gasteiger partial charge on any atom is 0.403 e. The number of ether oxygens (including phenoxy) is 1. The maximum atomic E-state index is 14.1. The molecule has 238 valence electrons. The summed E-state index contributed by atoms with van der Waals surface area (Å²) in [5, 5.41) is 3.33. The number of hydrogen-bond acceptors (Lipinski definition) is 5. The second-order valence-electron chi connectivity index (χ2n) is 13.0. The number of alkyl halides is 3. The number of halogens is 3. The van der Waals surface area contributed by atoms with Crippen molar-refractivity contribution in [2.24, 2.45) is 17.3 Å². The molecule has 1 saturated heterocycles. The summed E-state index contributed by atoms with van der Waals surface area (Å²) in [5.41, 5.74) is 0.0994. The van der Waals surface area contributed by atoms with E-state index in [1.165, 1.54) is 17.7 Å². The summed E-state index contributed by atoms with van der Waals surface area (Å²) in [5.74, 6) is 0.764. The third-order valence-electron chi connectivity index (χ3n) is 10.6. The summed E-state index contributed by atoms with van der Waals surface area (Å²) >= 11 is 0. The van der Waals surface area contributed by atoms with Crippen LogP contribution in [0.5, 0.6) is 5.75 Å². The summed E-state index contributed by atoms with van der Waals surface area (Å²) in [7, 11) is 0. The van der Waals surface area contributed by atoms with Gasteiger partial charge in [-0.2, -0.15) is 13.2 Å². The molecule has 2 aromatic rings. The van der Waals surface area contributed by atoms with Crippen LogP contribution in [-0.4, -0.2) is 66.2 Å². The Balaban J connectivity index is 1.31. The number of pyridine rings is 1. The molecule has 0 unspecified atom stereocenters. The first kappa shape index (κ1) is 30.7. The number of anilines is 1. The first-order valence-electron chi connectivity index (χ1n) is 16.3. The number of amides is 2. The Hall–Kier alpha value is -3.30. The first-order valence-corrected chi connectivity index (χ1v) is 16.3. The van der Waals surface area contributed by atoms with E-state index in [0.717, 1.165) is 24.8 Å². The Morgan fingerprint density at radius 2 is 1.80 bits per heavy atom. The largest absolute Gasteiger partial charge is 0.493 e. The summed E-state index contributed by atoms with van der Waals surface area (Å²) in [6, 6.07) is 11.2. The number of rotatable bonds is 8. The van der Waals surface area contributed by atoms with Gasteiger partial charge in [0.05, 0.1) is 18.0 Å². The molecule has 1 aromatic carbocycles. The molecule has 0 radical (unpaired) electrons. The van der Waals surface area contributed by atoms with Gasteiger partial charge in [-0.15, -0.1) is 0 Å². The second kappa shape index (κ2) is 12.2. The van der Waals surface area contributed by atoms with Crippen LogP contribution in [0.25, 0.3) is 11.3 Å². The van der Waals surface area contributed by atoms with Crippen LogP contribution in [0.4, 0.5) is 18.9 Å². The Morgan fingerprint density at radius 3 is 2.41 bits per heavy atom. The Labute approximate surface area is 257 Å². The third-order valence-corrected chi connectivity index (χ3v) is 10.6. The van der Waals surface area contributed by atoms with E-state index in [1.54, 1.807) is 0 Å². The van der Waals surface area contributed by atoms with Crippen LogP contribution in [0.1, 0.15) is 82.1 Å². The Kier molecular flexibility index (Phi) is 8.54. The number of nitrogens with zero attached hydrogens (tertiary/aromatic N) is 3. The van der Waals surface area contributed by atoms with Crippen molar-refractivity contribution in [1.29, 1.82) is 0 Å². The van der Waals surface area contributed by atoms with E-state index in [1.807, 2.05) is 50.2 Å². The van der Waals surface area contributed by atoms with Crippen LogP contribution in [0.3, 0.4) is 0 Å². The van der Waals surface area contributed by atoms with E-state index in [9.17, 15) is 22.8 Å². The lowest BCUT2D eigenvalue weighted by atomic mass is 9.67. The molecule has 10 heteroatoms. The SMILES string of the molecule is CCOc1ccccc1-c1ccc(N2CCN(C(=O)C3(C(F)(F)F)CCC3)C[C@H]2CC)c(C(=O)N[C@@H]2CC3CCC2CC3)n1. The van der Waals surface area contributed by atoms with Crippen molar-refractivity contribution in [3.8, 4) is 17.0 Å². The van der Waals surface area contributed by atoms with Crippen LogP contribution in [0, 0.1) is 17.3 Å². The molecule has 7 rings (SSSR count). The molecule has 5 aliphatic rings. The number of hydrogen-bond donors (Lipinski definition) is 1. The summed E-state index contributed by atoms with van der Waals surface area (Å²) in [4.78, 5) is 35.8. The number of carbonyl (C=O) groups is 2. The Bertz CT molecular complexity index is 1370. The lowest BCUT2D eigenvalue weighted by Crippen LogP contribution is -2.62. The topological polar surface area (TPSA) is 74.8 Å². The van der Waals surface area contributed by atoms with Gasteiger partial charge < -0.3 is 19.9 Å². The van der Waals surface area contributed by atoms with E-state index in [4.69, 9.17) is 9.72 Å². The second-order valence-corrected chi connectivity index (χ2v) is 13.0. The molecule has 1 aliphatic heterocycles. The minimum absolute atomic E-state index is 0.112. The number of para-hydroxylation sites is 1. The number of benzene rings is 1. The fourth-order valence-electron chi connectivity index (χ4n) is 7.91. The lowest BCUT2D eigenvalue weighted by Gasteiger charge is -2.49. The van der Waals surface area contributed by atoms with Gasteiger partial charge in [0.2, 0.25) is 5.91 Å². The zero-order chi connectivity index (χ0) is 31.1. The van der Waals surface area contributed by atoms with Gasteiger partial charge in [0.25, 0.3) is 5.91 Å². The zero-order valence-electron chi connectivity index (χ0n) is 25.7. The highest BCUT2D eigenvalue weighted by Crippen LogP contribution is 2.54. The molecular weight excluding hydrogens is 569 g/mol. The monoisotopic (exact) mass is 612 g/mol. The van der Waals surface area contributed by atoms with Gasteiger partial charge in [0.1, 0.15) is 11.2 Å². The first-order chi connectivity index (χ1) is 21.1. The average molecular weight is 613 g/mol. The number of fused-ring (bicyclic) bond motifs is 3. The van der Waals surface area contributed by atoms with Crippen LogP contribution in [0.2, 0.25) is 0 Å². The standard InChI is InChI=1S/C34H43F3N4O3/c1-3-24-21-40(32(43)33(16-7-17-33)34(35,36)37)18-19-41(24)28-15-14-26(25-8-5-6-9-29(25)44-4-2)38-30(28)31(42)39-27-20-22-10-12-23(27)13-11-22/h5-6,8-9,14-15,22-24,27H,3-4,7,10-13,16-21H2,1-2H3,(H,39,42)/t22?,23?,24-,27-/m1/s1. The van der Waals surface area contributed by atoms with Crippen molar-refractivity contribution in [3.63, 3.8) is 0 Å². The molecule has 4 saturated carbocycles. The van der Waals surface area contributed by atoms with E-state index in [0.29, 0.717) is 60.7 Å². The predicted octanol–water partition coefficient (Wildman–Crippen LogP) is 6.62. The van der Waals surface area contributed by atoms with Crippen molar-refractivity contribution in [1.82, 2.24) is 15.2 Å². The molecule has 2 atom stereocenters. The van der Waals surface area contributed by atoms with Crippen LogP contribution < -0.4 is 15.0 Å². The summed E-state index contributed by atoms with van der Waals surface area (Å²) < 4.78 is 47.9. The molecule has 1 aromatic heterocycles. The van der Waals surface area contributed by atoms with Gasteiger partial charge in [-0.3, -0.25) is 9.59 Å². The molecule has 0 spiro atoms.